The number of para-hydroxylation sites is 1. The second-order valence-electron chi connectivity index (χ2n) is 3.66. The molecule has 0 aromatic heterocycles. The summed E-state index contributed by atoms with van der Waals surface area (Å²) in [5.74, 6) is 0.913. The molecule has 0 fully saturated rings. The lowest BCUT2D eigenvalue weighted by atomic mass is 10.1. The SMILES string of the molecule is C=COC(CCC)CCOc1ccccc1. The van der Waals surface area contributed by atoms with Crippen molar-refractivity contribution in [3.8, 4) is 5.75 Å². The highest BCUT2D eigenvalue weighted by molar-refractivity contribution is 5.20. The molecular weight excluding hydrogens is 200 g/mol. The number of rotatable bonds is 8. The predicted octanol–water partition coefficient (Wildman–Crippen LogP) is 3.78. The maximum absolute atomic E-state index is 5.61. The maximum Gasteiger partial charge on any atom is 0.119 e. The number of hydrogen-bond acceptors (Lipinski definition) is 2. The first kappa shape index (κ1) is 12.6. The van der Waals surface area contributed by atoms with Crippen molar-refractivity contribution in [2.24, 2.45) is 0 Å². The lowest BCUT2D eigenvalue weighted by Crippen LogP contribution is -2.14. The molecule has 0 saturated carbocycles. The van der Waals surface area contributed by atoms with E-state index < -0.39 is 0 Å². The van der Waals surface area contributed by atoms with E-state index in [-0.39, 0.29) is 6.10 Å². The molecule has 2 nitrogen and oxygen atoms in total. The molecule has 0 spiro atoms. The van der Waals surface area contributed by atoms with E-state index in [2.05, 4.69) is 13.5 Å². The Morgan fingerprint density at radius 1 is 1.25 bits per heavy atom. The zero-order chi connectivity index (χ0) is 11.6. The normalized spacial score (nSPS) is 11.8. The maximum atomic E-state index is 5.61. The summed E-state index contributed by atoms with van der Waals surface area (Å²) >= 11 is 0. The predicted molar refractivity (Wildman–Crippen MR) is 66.5 cm³/mol. The van der Waals surface area contributed by atoms with Gasteiger partial charge >= 0.3 is 0 Å². The smallest absolute Gasteiger partial charge is 0.119 e. The molecule has 1 aromatic carbocycles. The van der Waals surface area contributed by atoms with Gasteiger partial charge in [-0.25, -0.2) is 0 Å². The van der Waals surface area contributed by atoms with E-state index in [0.717, 1.165) is 25.0 Å². The van der Waals surface area contributed by atoms with E-state index in [1.165, 1.54) is 6.26 Å². The molecule has 0 amide bonds. The second-order valence-corrected chi connectivity index (χ2v) is 3.66. The number of benzene rings is 1. The number of hydrogen-bond donors (Lipinski definition) is 0. The van der Waals surface area contributed by atoms with Crippen LogP contribution in [0.3, 0.4) is 0 Å². The van der Waals surface area contributed by atoms with Gasteiger partial charge in [0.05, 0.1) is 12.9 Å². The number of ether oxygens (including phenoxy) is 2. The van der Waals surface area contributed by atoms with Crippen LogP contribution in [0.4, 0.5) is 0 Å². The molecule has 0 saturated heterocycles. The fraction of sp³-hybridized carbons (Fsp3) is 0.429. The van der Waals surface area contributed by atoms with E-state index in [9.17, 15) is 0 Å². The van der Waals surface area contributed by atoms with Crippen LogP contribution in [-0.2, 0) is 4.74 Å². The molecule has 1 aromatic rings. The fourth-order valence-electron chi connectivity index (χ4n) is 1.56. The molecule has 1 unspecified atom stereocenters. The molecule has 88 valence electrons. The van der Waals surface area contributed by atoms with Crippen LogP contribution < -0.4 is 4.74 Å². The standard InChI is InChI=1S/C14H20O2/c1-3-8-13(15-4-2)11-12-16-14-9-6-5-7-10-14/h4-7,9-10,13H,2-3,8,11-12H2,1H3. The minimum atomic E-state index is 0.228. The van der Waals surface area contributed by atoms with Crippen molar-refractivity contribution in [3.63, 3.8) is 0 Å². The van der Waals surface area contributed by atoms with Crippen LogP contribution in [0, 0.1) is 0 Å². The highest BCUT2D eigenvalue weighted by Crippen LogP contribution is 2.11. The fourth-order valence-corrected chi connectivity index (χ4v) is 1.56. The molecule has 0 radical (unpaired) electrons. The van der Waals surface area contributed by atoms with Gasteiger partial charge in [0.2, 0.25) is 0 Å². The molecule has 1 rings (SSSR count). The zero-order valence-corrected chi connectivity index (χ0v) is 9.89. The third-order valence-corrected chi connectivity index (χ3v) is 2.35. The minimum absolute atomic E-state index is 0.228. The van der Waals surface area contributed by atoms with Crippen molar-refractivity contribution in [2.45, 2.75) is 32.3 Å². The van der Waals surface area contributed by atoms with Gasteiger partial charge in [-0.15, -0.1) is 0 Å². The van der Waals surface area contributed by atoms with Crippen LogP contribution in [0.15, 0.2) is 43.2 Å². The molecule has 0 aliphatic heterocycles. The summed E-state index contributed by atoms with van der Waals surface area (Å²) in [6.07, 6.45) is 4.80. The first-order valence-electron chi connectivity index (χ1n) is 5.81. The van der Waals surface area contributed by atoms with Crippen molar-refractivity contribution in [3.05, 3.63) is 43.2 Å². The average Bonchev–Trinajstić information content (AvgIpc) is 2.31. The van der Waals surface area contributed by atoms with Crippen LogP contribution in [0.1, 0.15) is 26.2 Å². The Hall–Kier alpha value is -1.44. The molecule has 0 bridgehead atoms. The van der Waals surface area contributed by atoms with Crippen molar-refractivity contribution >= 4 is 0 Å². The summed E-state index contributed by atoms with van der Waals surface area (Å²) in [6, 6.07) is 9.85. The second kappa shape index (κ2) is 7.80. The van der Waals surface area contributed by atoms with E-state index in [0.29, 0.717) is 6.61 Å². The average molecular weight is 220 g/mol. The Morgan fingerprint density at radius 2 is 2.00 bits per heavy atom. The van der Waals surface area contributed by atoms with Crippen molar-refractivity contribution in [2.75, 3.05) is 6.61 Å². The summed E-state index contributed by atoms with van der Waals surface area (Å²) in [5.41, 5.74) is 0. The van der Waals surface area contributed by atoms with E-state index in [1.54, 1.807) is 0 Å². The van der Waals surface area contributed by atoms with Gasteiger partial charge in [0.1, 0.15) is 11.9 Å². The lowest BCUT2D eigenvalue weighted by molar-refractivity contribution is 0.108. The van der Waals surface area contributed by atoms with E-state index in [4.69, 9.17) is 9.47 Å². The quantitative estimate of drug-likeness (QED) is 0.621. The summed E-state index contributed by atoms with van der Waals surface area (Å²) in [6.45, 7) is 6.42. The monoisotopic (exact) mass is 220 g/mol. The first-order valence-corrected chi connectivity index (χ1v) is 5.81. The Morgan fingerprint density at radius 3 is 2.62 bits per heavy atom. The van der Waals surface area contributed by atoms with Gasteiger partial charge in [0.25, 0.3) is 0 Å². The van der Waals surface area contributed by atoms with Gasteiger partial charge in [0, 0.05) is 6.42 Å². The van der Waals surface area contributed by atoms with Crippen molar-refractivity contribution in [1.29, 1.82) is 0 Å². The Bertz CT molecular complexity index is 282. The van der Waals surface area contributed by atoms with Gasteiger partial charge in [-0.05, 0) is 18.6 Å². The molecule has 1 atom stereocenters. The Balaban J connectivity index is 2.24. The summed E-state index contributed by atoms with van der Waals surface area (Å²) < 4.78 is 11.0. The van der Waals surface area contributed by atoms with Crippen molar-refractivity contribution < 1.29 is 9.47 Å². The molecule has 0 N–H and O–H groups in total. The van der Waals surface area contributed by atoms with Crippen LogP contribution in [0.25, 0.3) is 0 Å². The highest BCUT2D eigenvalue weighted by atomic mass is 16.5. The first-order chi connectivity index (χ1) is 7.86. The van der Waals surface area contributed by atoms with Crippen LogP contribution in [-0.4, -0.2) is 12.7 Å². The summed E-state index contributed by atoms with van der Waals surface area (Å²) in [4.78, 5) is 0. The largest absolute Gasteiger partial charge is 0.499 e. The highest BCUT2D eigenvalue weighted by Gasteiger charge is 2.06. The zero-order valence-electron chi connectivity index (χ0n) is 9.89. The third-order valence-electron chi connectivity index (χ3n) is 2.35. The Labute approximate surface area is 97.9 Å². The molecule has 0 aliphatic carbocycles. The van der Waals surface area contributed by atoms with Gasteiger partial charge < -0.3 is 9.47 Å². The molecule has 2 heteroatoms. The van der Waals surface area contributed by atoms with E-state index in [1.807, 2.05) is 30.3 Å². The lowest BCUT2D eigenvalue weighted by Gasteiger charge is -2.15. The van der Waals surface area contributed by atoms with E-state index >= 15 is 0 Å². The van der Waals surface area contributed by atoms with Crippen LogP contribution >= 0.6 is 0 Å². The van der Waals surface area contributed by atoms with Gasteiger partial charge in [-0.3, -0.25) is 0 Å². The van der Waals surface area contributed by atoms with Crippen molar-refractivity contribution in [1.82, 2.24) is 0 Å². The Kier molecular flexibility index (Phi) is 6.16. The summed E-state index contributed by atoms with van der Waals surface area (Å²) in [5, 5.41) is 0. The molecular formula is C14H20O2. The van der Waals surface area contributed by atoms with Gasteiger partial charge in [-0.1, -0.05) is 38.1 Å². The minimum Gasteiger partial charge on any atom is -0.499 e. The van der Waals surface area contributed by atoms with Gasteiger partial charge in [-0.2, -0.15) is 0 Å². The molecule has 0 aliphatic rings. The molecule has 0 heterocycles. The summed E-state index contributed by atoms with van der Waals surface area (Å²) in [7, 11) is 0. The van der Waals surface area contributed by atoms with Gasteiger partial charge in [0.15, 0.2) is 0 Å². The van der Waals surface area contributed by atoms with Crippen LogP contribution in [0.5, 0.6) is 5.75 Å². The topological polar surface area (TPSA) is 18.5 Å². The molecule has 16 heavy (non-hydrogen) atoms. The third kappa shape index (κ3) is 4.87. The van der Waals surface area contributed by atoms with Crippen LogP contribution in [0.2, 0.25) is 0 Å².